The Balaban J connectivity index is 2.31. The topological polar surface area (TPSA) is 25.2 Å². The largest absolute Gasteiger partial charge is 0.453 e. The molecule has 0 aliphatic carbocycles. The zero-order valence-electron chi connectivity index (χ0n) is 11.4. The van der Waals surface area contributed by atoms with Crippen molar-refractivity contribution in [2.24, 2.45) is 0 Å². The van der Waals surface area contributed by atoms with Crippen molar-refractivity contribution in [3.05, 3.63) is 58.5 Å². The average molecular weight is 322 g/mol. The molecule has 0 aliphatic rings. The Labute approximate surface area is 123 Å². The fraction of sp³-hybridized carbons (Fsp3) is 0.375. The summed E-state index contributed by atoms with van der Waals surface area (Å²) in [6, 6.07) is 14.8. The number of halogens is 1. The molecule has 2 rings (SSSR count). The third-order valence-electron chi connectivity index (χ3n) is 3.39. The second-order valence-electron chi connectivity index (χ2n) is 4.60. The van der Waals surface area contributed by atoms with Gasteiger partial charge >= 0.3 is 0 Å². The Hall–Kier alpha value is -1.06. The zero-order chi connectivity index (χ0) is 13.7. The fourth-order valence-electron chi connectivity index (χ4n) is 2.52. The van der Waals surface area contributed by atoms with Gasteiger partial charge in [-0.2, -0.15) is 0 Å². The second-order valence-corrected chi connectivity index (χ2v) is 5.38. The van der Waals surface area contributed by atoms with E-state index >= 15 is 0 Å². The molecular formula is C16H20BrNO. The smallest absolute Gasteiger partial charge is 0.169 e. The van der Waals surface area contributed by atoms with Crippen molar-refractivity contribution in [1.82, 2.24) is 5.32 Å². The van der Waals surface area contributed by atoms with Crippen LogP contribution in [0.3, 0.4) is 0 Å². The van der Waals surface area contributed by atoms with Crippen molar-refractivity contribution in [3.63, 3.8) is 0 Å². The van der Waals surface area contributed by atoms with Crippen LogP contribution < -0.4 is 5.32 Å². The Morgan fingerprint density at radius 2 is 1.84 bits per heavy atom. The second kappa shape index (κ2) is 6.92. The first-order chi connectivity index (χ1) is 9.26. The molecule has 0 aliphatic heterocycles. The van der Waals surface area contributed by atoms with Gasteiger partial charge in [0.2, 0.25) is 0 Å². The van der Waals surface area contributed by atoms with Crippen LogP contribution in [0.25, 0.3) is 0 Å². The van der Waals surface area contributed by atoms with E-state index < -0.39 is 0 Å². The highest BCUT2D eigenvalue weighted by molar-refractivity contribution is 9.10. The van der Waals surface area contributed by atoms with Crippen LogP contribution in [0.2, 0.25) is 0 Å². The molecule has 0 spiro atoms. The lowest BCUT2D eigenvalue weighted by Crippen LogP contribution is -2.26. The molecule has 2 nitrogen and oxygen atoms in total. The predicted octanol–water partition coefficient (Wildman–Crippen LogP) is 4.89. The van der Waals surface area contributed by atoms with E-state index in [-0.39, 0.29) is 6.04 Å². The molecule has 0 fully saturated rings. The minimum absolute atomic E-state index is 0.212. The maximum atomic E-state index is 5.76. The van der Waals surface area contributed by atoms with Gasteiger partial charge in [-0.15, -0.1) is 0 Å². The van der Waals surface area contributed by atoms with E-state index in [1.807, 2.05) is 12.1 Å². The van der Waals surface area contributed by atoms with Crippen LogP contribution in [0.1, 0.15) is 43.6 Å². The maximum Gasteiger partial charge on any atom is 0.169 e. The van der Waals surface area contributed by atoms with E-state index in [0.29, 0.717) is 5.92 Å². The minimum atomic E-state index is 0.212. The number of likely N-dealkylation sites (N-methyl/N-ethyl adjacent to an activating group) is 1. The molecule has 0 bridgehead atoms. The summed E-state index contributed by atoms with van der Waals surface area (Å²) in [4.78, 5) is 0. The summed E-state index contributed by atoms with van der Waals surface area (Å²) >= 11 is 3.38. The number of hydrogen-bond acceptors (Lipinski definition) is 2. The van der Waals surface area contributed by atoms with Crippen molar-refractivity contribution < 1.29 is 4.42 Å². The van der Waals surface area contributed by atoms with Gasteiger partial charge in [-0.3, -0.25) is 0 Å². The Kier molecular flexibility index (Phi) is 5.23. The van der Waals surface area contributed by atoms with Gasteiger partial charge in [-0.1, -0.05) is 44.2 Å². The highest BCUT2D eigenvalue weighted by Crippen LogP contribution is 2.35. The lowest BCUT2D eigenvalue weighted by Gasteiger charge is -2.25. The third-order valence-corrected chi connectivity index (χ3v) is 3.82. The van der Waals surface area contributed by atoms with Crippen LogP contribution in [0.15, 0.2) is 51.6 Å². The molecule has 1 heterocycles. The van der Waals surface area contributed by atoms with Gasteiger partial charge in [0.1, 0.15) is 5.76 Å². The molecule has 2 atom stereocenters. The molecular weight excluding hydrogens is 302 g/mol. The molecule has 2 unspecified atom stereocenters. The molecule has 1 aromatic heterocycles. The lowest BCUT2D eigenvalue weighted by atomic mass is 9.88. The normalized spacial score (nSPS) is 14.3. The molecule has 2 aromatic rings. The molecule has 102 valence electrons. The number of nitrogens with one attached hydrogen (secondary N) is 1. The molecule has 3 heteroatoms. The van der Waals surface area contributed by atoms with Gasteiger partial charge in [0, 0.05) is 5.92 Å². The standard InChI is InChI=1S/C16H20BrNO/c1-3-13(12-8-6-5-7-9-12)16(18-4-2)14-10-11-15(17)19-14/h5-11,13,16,18H,3-4H2,1-2H3. The first kappa shape index (κ1) is 14.4. The van der Waals surface area contributed by atoms with Crippen LogP contribution in [-0.4, -0.2) is 6.54 Å². The maximum absolute atomic E-state index is 5.76. The van der Waals surface area contributed by atoms with Crippen LogP contribution in [0.5, 0.6) is 0 Å². The summed E-state index contributed by atoms with van der Waals surface area (Å²) in [7, 11) is 0. The van der Waals surface area contributed by atoms with Gasteiger partial charge in [0.15, 0.2) is 4.67 Å². The fourth-order valence-corrected chi connectivity index (χ4v) is 2.84. The molecule has 1 aromatic carbocycles. The number of rotatable bonds is 6. The zero-order valence-corrected chi connectivity index (χ0v) is 13.0. The number of hydrogen-bond donors (Lipinski definition) is 1. The third kappa shape index (κ3) is 3.48. The summed E-state index contributed by atoms with van der Waals surface area (Å²) in [6.45, 7) is 5.27. The van der Waals surface area contributed by atoms with E-state index in [1.54, 1.807) is 0 Å². The van der Waals surface area contributed by atoms with Gasteiger partial charge in [-0.05, 0) is 46.6 Å². The molecule has 0 radical (unpaired) electrons. The molecule has 0 saturated carbocycles. The Morgan fingerprint density at radius 3 is 2.37 bits per heavy atom. The first-order valence-corrected chi connectivity index (χ1v) is 7.59. The van der Waals surface area contributed by atoms with Crippen molar-refractivity contribution in [2.75, 3.05) is 6.54 Å². The molecule has 0 saturated heterocycles. The summed E-state index contributed by atoms with van der Waals surface area (Å²) < 4.78 is 6.54. The summed E-state index contributed by atoms with van der Waals surface area (Å²) in [5, 5.41) is 3.55. The first-order valence-electron chi connectivity index (χ1n) is 6.79. The van der Waals surface area contributed by atoms with E-state index in [4.69, 9.17) is 4.42 Å². The van der Waals surface area contributed by atoms with Crippen molar-refractivity contribution in [1.29, 1.82) is 0 Å². The monoisotopic (exact) mass is 321 g/mol. The van der Waals surface area contributed by atoms with E-state index in [1.165, 1.54) is 5.56 Å². The van der Waals surface area contributed by atoms with Gasteiger partial charge < -0.3 is 9.73 Å². The quantitative estimate of drug-likeness (QED) is 0.819. The predicted molar refractivity (Wildman–Crippen MR) is 82.3 cm³/mol. The highest BCUT2D eigenvalue weighted by Gasteiger charge is 2.25. The summed E-state index contributed by atoms with van der Waals surface area (Å²) in [5.41, 5.74) is 1.35. The van der Waals surface area contributed by atoms with E-state index in [9.17, 15) is 0 Å². The molecule has 19 heavy (non-hydrogen) atoms. The Bertz CT molecular complexity index is 494. The van der Waals surface area contributed by atoms with Crippen molar-refractivity contribution >= 4 is 15.9 Å². The van der Waals surface area contributed by atoms with Crippen LogP contribution in [0, 0.1) is 0 Å². The Morgan fingerprint density at radius 1 is 1.11 bits per heavy atom. The van der Waals surface area contributed by atoms with Crippen LogP contribution in [0.4, 0.5) is 0 Å². The number of furan rings is 1. The molecule has 1 N–H and O–H groups in total. The summed E-state index contributed by atoms with van der Waals surface area (Å²) in [5.74, 6) is 1.41. The highest BCUT2D eigenvalue weighted by atomic mass is 79.9. The lowest BCUT2D eigenvalue weighted by molar-refractivity contribution is 0.357. The van der Waals surface area contributed by atoms with Crippen LogP contribution >= 0.6 is 15.9 Å². The SMILES string of the molecule is CCNC(c1ccc(Br)o1)C(CC)c1ccccc1. The van der Waals surface area contributed by atoms with E-state index in [0.717, 1.165) is 23.4 Å². The minimum Gasteiger partial charge on any atom is -0.453 e. The van der Waals surface area contributed by atoms with E-state index in [2.05, 4.69) is 65.4 Å². The van der Waals surface area contributed by atoms with Gasteiger partial charge in [0.05, 0.1) is 6.04 Å². The average Bonchev–Trinajstić information content (AvgIpc) is 2.86. The van der Waals surface area contributed by atoms with Crippen LogP contribution in [-0.2, 0) is 0 Å². The summed E-state index contributed by atoms with van der Waals surface area (Å²) in [6.07, 6.45) is 1.07. The van der Waals surface area contributed by atoms with Crippen molar-refractivity contribution in [2.45, 2.75) is 32.2 Å². The van der Waals surface area contributed by atoms with Gasteiger partial charge in [0.25, 0.3) is 0 Å². The molecule has 0 amide bonds. The number of benzene rings is 1. The van der Waals surface area contributed by atoms with Crippen molar-refractivity contribution in [3.8, 4) is 0 Å². The van der Waals surface area contributed by atoms with Gasteiger partial charge in [-0.25, -0.2) is 0 Å².